The molecule has 1 amide bonds. The normalized spacial score (nSPS) is 15.8. The van der Waals surface area contributed by atoms with Crippen LogP contribution in [0.4, 0.5) is 5.69 Å². The first kappa shape index (κ1) is 11.3. The van der Waals surface area contributed by atoms with Gasteiger partial charge in [0.2, 0.25) is 0 Å². The molecule has 1 aromatic rings. The average molecular weight is 236 g/mol. The SMILES string of the molecule is CCC1CN(C(=O)c2cccc(NS)c2)C1. The van der Waals surface area contributed by atoms with Crippen LogP contribution in [0.25, 0.3) is 0 Å². The van der Waals surface area contributed by atoms with Crippen molar-refractivity contribution in [2.45, 2.75) is 13.3 Å². The van der Waals surface area contributed by atoms with E-state index >= 15 is 0 Å². The number of nitrogens with zero attached hydrogens (tertiary/aromatic N) is 1. The van der Waals surface area contributed by atoms with E-state index in [0.29, 0.717) is 5.92 Å². The van der Waals surface area contributed by atoms with Gasteiger partial charge in [-0.05, 0) is 30.5 Å². The molecule has 0 spiro atoms. The molecule has 1 aliphatic heterocycles. The van der Waals surface area contributed by atoms with Gasteiger partial charge < -0.3 is 9.62 Å². The smallest absolute Gasteiger partial charge is 0.253 e. The topological polar surface area (TPSA) is 32.3 Å². The van der Waals surface area contributed by atoms with Crippen LogP contribution in [0.15, 0.2) is 24.3 Å². The van der Waals surface area contributed by atoms with Crippen molar-refractivity contribution in [3.8, 4) is 0 Å². The van der Waals surface area contributed by atoms with Gasteiger partial charge in [-0.15, -0.1) is 0 Å². The van der Waals surface area contributed by atoms with Crippen LogP contribution in [0.2, 0.25) is 0 Å². The minimum Gasteiger partial charge on any atom is -0.338 e. The number of thiol groups is 1. The van der Waals surface area contributed by atoms with Crippen LogP contribution in [0.3, 0.4) is 0 Å². The number of carbonyl (C=O) groups excluding carboxylic acids is 1. The minimum atomic E-state index is 0.120. The van der Waals surface area contributed by atoms with Crippen molar-refractivity contribution < 1.29 is 4.79 Å². The third-order valence-corrected chi connectivity index (χ3v) is 3.32. The highest BCUT2D eigenvalue weighted by atomic mass is 32.1. The van der Waals surface area contributed by atoms with Crippen molar-refractivity contribution in [1.29, 1.82) is 0 Å². The van der Waals surface area contributed by atoms with Gasteiger partial charge in [0.25, 0.3) is 5.91 Å². The summed E-state index contributed by atoms with van der Waals surface area (Å²) < 4.78 is 2.74. The van der Waals surface area contributed by atoms with Crippen molar-refractivity contribution in [3.05, 3.63) is 29.8 Å². The van der Waals surface area contributed by atoms with Crippen LogP contribution in [-0.2, 0) is 0 Å². The molecule has 1 aliphatic rings. The lowest BCUT2D eigenvalue weighted by atomic mass is 9.96. The Morgan fingerprint density at radius 3 is 2.94 bits per heavy atom. The number of rotatable bonds is 3. The predicted molar refractivity (Wildman–Crippen MR) is 68.7 cm³/mol. The molecular formula is C12H16N2OS. The van der Waals surface area contributed by atoms with Crippen LogP contribution in [-0.4, -0.2) is 23.9 Å². The molecule has 1 N–H and O–H groups in total. The van der Waals surface area contributed by atoms with Crippen molar-refractivity contribution in [3.63, 3.8) is 0 Å². The van der Waals surface area contributed by atoms with Gasteiger partial charge in [-0.25, -0.2) is 0 Å². The number of hydrogen-bond acceptors (Lipinski definition) is 3. The second-order valence-electron chi connectivity index (χ2n) is 4.18. The van der Waals surface area contributed by atoms with Crippen molar-refractivity contribution in [2.24, 2.45) is 5.92 Å². The van der Waals surface area contributed by atoms with Gasteiger partial charge in [-0.3, -0.25) is 4.79 Å². The zero-order valence-electron chi connectivity index (χ0n) is 9.31. The van der Waals surface area contributed by atoms with Gasteiger partial charge >= 0.3 is 0 Å². The van der Waals surface area contributed by atoms with Gasteiger partial charge in [-0.1, -0.05) is 25.8 Å². The minimum absolute atomic E-state index is 0.120. The summed E-state index contributed by atoms with van der Waals surface area (Å²) >= 11 is 3.97. The Balaban J connectivity index is 2.04. The zero-order chi connectivity index (χ0) is 11.5. The van der Waals surface area contributed by atoms with Gasteiger partial charge in [0.15, 0.2) is 0 Å². The number of hydrogen-bond donors (Lipinski definition) is 2. The number of likely N-dealkylation sites (tertiary alicyclic amines) is 1. The van der Waals surface area contributed by atoms with Crippen molar-refractivity contribution in [1.82, 2.24) is 4.90 Å². The fourth-order valence-corrected chi connectivity index (χ4v) is 2.04. The summed E-state index contributed by atoms with van der Waals surface area (Å²) in [5, 5.41) is 0. The lowest BCUT2D eigenvalue weighted by Gasteiger charge is -2.38. The summed E-state index contributed by atoms with van der Waals surface area (Å²) in [6.07, 6.45) is 1.15. The van der Waals surface area contributed by atoms with Gasteiger partial charge in [0, 0.05) is 24.3 Å². The fourth-order valence-electron chi connectivity index (χ4n) is 1.90. The highest BCUT2D eigenvalue weighted by molar-refractivity contribution is 7.81. The van der Waals surface area contributed by atoms with E-state index in [1.54, 1.807) is 0 Å². The molecule has 0 aromatic heterocycles. The van der Waals surface area contributed by atoms with E-state index in [2.05, 4.69) is 24.5 Å². The third-order valence-electron chi connectivity index (χ3n) is 3.06. The first-order valence-corrected chi connectivity index (χ1v) is 5.98. The van der Waals surface area contributed by atoms with E-state index < -0.39 is 0 Å². The Labute approximate surface area is 101 Å². The summed E-state index contributed by atoms with van der Waals surface area (Å²) in [5.74, 6) is 0.810. The molecule has 86 valence electrons. The van der Waals surface area contributed by atoms with Gasteiger partial charge in [-0.2, -0.15) is 0 Å². The Morgan fingerprint density at radius 1 is 1.56 bits per heavy atom. The Bertz CT molecular complexity index is 388. The molecule has 1 saturated heterocycles. The number of benzene rings is 1. The Kier molecular flexibility index (Phi) is 3.39. The standard InChI is InChI=1S/C12H16N2OS/c1-2-9-7-14(8-9)12(15)10-4-3-5-11(6-10)13-16/h3-6,9,13,16H,2,7-8H2,1H3. The molecule has 0 aliphatic carbocycles. The molecule has 0 atom stereocenters. The lowest BCUT2D eigenvalue weighted by molar-refractivity contribution is 0.0494. The highest BCUT2D eigenvalue weighted by Crippen LogP contribution is 2.22. The maximum Gasteiger partial charge on any atom is 0.253 e. The van der Waals surface area contributed by atoms with Crippen LogP contribution in [0, 0.1) is 5.92 Å². The second-order valence-corrected chi connectivity index (χ2v) is 4.40. The summed E-state index contributed by atoms with van der Waals surface area (Å²) in [6.45, 7) is 3.96. The summed E-state index contributed by atoms with van der Waals surface area (Å²) in [6, 6.07) is 7.42. The van der Waals surface area contributed by atoms with Crippen LogP contribution in [0.1, 0.15) is 23.7 Å². The van der Waals surface area contributed by atoms with E-state index in [0.717, 1.165) is 30.8 Å². The first-order valence-electron chi connectivity index (χ1n) is 5.54. The lowest BCUT2D eigenvalue weighted by Crippen LogP contribution is -2.49. The summed E-state index contributed by atoms with van der Waals surface area (Å²) in [4.78, 5) is 13.9. The molecule has 1 aromatic carbocycles. The Hall–Kier alpha value is -1.16. The molecule has 2 rings (SSSR count). The number of carbonyl (C=O) groups is 1. The maximum absolute atomic E-state index is 12.0. The van der Waals surface area contributed by atoms with Gasteiger partial charge in [0.05, 0.1) is 0 Å². The van der Waals surface area contributed by atoms with Gasteiger partial charge in [0.1, 0.15) is 0 Å². The Morgan fingerprint density at radius 2 is 2.31 bits per heavy atom. The molecule has 1 heterocycles. The molecule has 0 unspecified atom stereocenters. The first-order chi connectivity index (χ1) is 7.74. The molecule has 4 heteroatoms. The second kappa shape index (κ2) is 4.78. The van der Waals surface area contributed by atoms with E-state index in [-0.39, 0.29) is 5.91 Å². The van der Waals surface area contributed by atoms with Crippen LogP contribution >= 0.6 is 12.8 Å². The van der Waals surface area contributed by atoms with Crippen LogP contribution < -0.4 is 4.72 Å². The quantitative estimate of drug-likeness (QED) is 0.790. The van der Waals surface area contributed by atoms with Crippen LogP contribution in [0.5, 0.6) is 0 Å². The fraction of sp³-hybridized carbons (Fsp3) is 0.417. The van der Waals surface area contributed by atoms with Crippen molar-refractivity contribution >= 4 is 24.4 Å². The predicted octanol–water partition coefficient (Wildman–Crippen LogP) is 2.43. The summed E-state index contributed by atoms with van der Waals surface area (Å²) in [5.41, 5.74) is 1.58. The maximum atomic E-state index is 12.0. The number of nitrogens with one attached hydrogen (secondary N) is 1. The average Bonchev–Trinajstić information content (AvgIpc) is 2.27. The van der Waals surface area contributed by atoms with E-state index in [9.17, 15) is 4.79 Å². The zero-order valence-corrected chi connectivity index (χ0v) is 10.2. The highest BCUT2D eigenvalue weighted by Gasteiger charge is 2.29. The van der Waals surface area contributed by atoms with Crippen molar-refractivity contribution in [2.75, 3.05) is 17.8 Å². The number of amides is 1. The van der Waals surface area contributed by atoms with E-state index in [4.69, 9.17) is 0 Å². The molecule has 16 heavy (non-hydrogen) atoms. The summed E-state index contributed by atoms with van der Waals surface area (Å²) in [7, 11) is 0. The molecule has 0 saturated carbocycles. The third kappa shape index (κ3) is 2.16. The largest absolute Gasteiger partial charge is 0.338 e. The monoisotopic (exact) mass is 236 g/mol. The molecule has 3 nitrogen and oxygen atoms in total. The van der Waals surface area contributed by atoms with E-state index in [1.165, 1.54) is 0 Å². The molecular weight excluding hydrogens is 220 g/mol. The molecule has 0 radical (unpaired) electrons. The molecule has 1 fully saturated rings. The van der Waals surface area contributed by atoms with E-state index in [1.807, 2.05) is 29.2 Å². The number of anilines is 1. The molecule has 0 bridgehead atoms.